The standard InChI is InChI=1S/C13H25N3O2.2ClH/c1-11(15-6-8-18-9-7-15)13(17)16-5-3-4-12(10-16)14-2;;/h11-12,14H,3-10H2,1-2H3;2*1H. The Morgan fingerprint density at radius 2 is 1.90 bits per heavy atom. The number of likely N-dealkylation sites (tertiary alicyclic amines) is 1. The lowest BCUT2D eigenvalue weighted by molar-refractivity contribution is -0.139. The van der Waals surface area contributed by atoms with Crippen molar-refractivity contribution in [2.24, 2.45) is 0 Å². The zero-order valence-electron chi connectivity index (χ0n) is 12.3. The van der Waals surface area contributed by atoms with Gasteiger partial charge in [0, 0.05) is 32.2 Å². The van der Waals surface area contributed by atoms with Crippen molar-refractivity contribution in [1.82, 2.24) is 15.1 Å². The van der Waals surface area contributed by atoms with Crippen molar-refractivity contribution < 1.29 is 9.53 Å². The number of hydrogen-bond acceptors (Lipinski definition) is 4. The van der Waals surface area contributed by atoms with Gasteiger partial charge in [0.2, 0.25) is 5.91 Å². The van der Waals surface area contributed by atoms with Crippen LogP contribution in [0.2, 0.25) is 0 Å². The third-order valence-electron chi connectivity index (χ3n) is 4.09. The highest BCUT2D eigenvalue weighted by molar-refractivity contribution is 5.85. The summed E-state index contributed by atoms with van der Waals surface area (Å²) in [5.74, 6) is 0.275. The predicted octanol–water partition coefficient (Wildman–Crippen LogP) is 0.761. The first-order valence-electron chi connectivity index (χ1n) is 7.00. The largest absolute Gasteiger partial charge is 0.379 e. The van der Waals surface area contributed by atoms with Gasteiger partial charge < -0.3 is 15.0 Å². The minimum atomic E-state index is -0.00972. The molecule has 0 aromatic rings. The van der Waals surface area contributed by atoms with Crippen LogP contribution in [0.5, 0.6) is 0 Å². The molecule has 2 aliphatic heterocycles. The van der Waals surface area contributed by atoms with Crippen molar-refractivity contribution in [1.29, 1.82) is 0 Å². The third-order valence-corrected chi connectivity index (χ3v) is 4.09. The molecule has 7 heteroatoms. The average Bonchev–Trinajstić information content (AvgIpc) is 2.46. The Labute approximate surface area is 134 Å². The molecule has 0 bridgehead atoms. The van der Waals surface area contributed by atoms with E-state index in [4.69, 9.17) is 4.74 Å². The number of carbonyl (C=O) groups is 1. The van der Waals surface area contributed by atoms with Crippen LogP contribution in [-0.2, 0) is 9.53 Å². The Hall–Kier alpha value is -0.0700. The van der Waals surface area contributed by atoms with Crippen LogP contribution in [0.1, 0.15) is 19.8 Å². The molecule has 2 atom stereocenters. The van der Waals surface area contributed by atoms with E-state index in [-0.39, 0.29) is 36.8 Å². The summed E-state index contributed by atoms with van der Waals surface area (Å²) in [6, 6.07) is 0.448. The van der Waals surface area contributed by atoms with E-state index in [1.165, 1.54) is 6.42 Å². The van der Waals surface area contributed by atoms with Gasteiger partial charge in [0.25, 0.3) is 0 Å². The fourth-order valence-corrected chi connectivity index (χ4v) is 2.80. The van der Waals surface area contributed by atoms with Crippen LogP contribution in [0.15, 0.2) is 0 Å². The van der Waals surface area contributed by atoms with Crippen LogP contribution in [0.4, 0.5) is 0 Å². The van der Waals surface area contributed by atoms with Gasteiger partial charge in [0.1, 0.15) is 0 Å². The number of hydrogen-bond donors (Lipinski definition) is 1. The van der Waals surface area contributed by atoms with Gasteiger partial charge in [-0.2, -0.15) is 0 Å². The summed E-state index contributed by atoms with van der Waals surface area (Å²) < 4.78 is 5.33. The Kier molecular flexibility index (Phi) is 9.76. The lowest BCUT2D eigenvalue weighted by Crippen LogP contribution is -2.54. The van der Waals surface area contributed by atoms with E-state index >= 15 is 0 Å². The van der Waals surface area contributed by atoms with E-state index in [1.54, 1.807) is 0 Å². The first kappa shape index (κ1) is 19.9. The summed E-state index contributed by atoms with van der Waals surface area (Å²) in [6.45, 7) is 7.02. The van der Waals surface area contributed by atoms with Crippen molar-refractivity contribution >= 4 is 30.7 Å². The number of ether oxygens (including phenoxy) is 1. The van der Waals surface area contributed by atoms with Gasteiger partial charge in [0.15, 0.2) is 0 Å². The predicted molar refractivity (Wildman–Crippen MR) is 85.0 cm³/mol. The van der Waals surface area contributed by atoms with Crippen LogP contribution in [0.25, 0.3) is 0 Å². The van der Waals surface area contributed by atoms with E-state index in [1.807, 2.05) is 18.9 Å². The fraction of sp³-hybridized carbons (Fsp3) is 0.923. The highest BCUT2D eigenvalue weighted by Crippen LogP contribution is 2.13. The first-order valence-corrected chi connectivity index (χ1v) is 7.00. The first-order chi connectivity index (χ1) is 8.72. The highest BCUT2D eigenvalue weighted by Gasteiger charge is 2.29. The number of carbonyl (C=O) groups excluding carboxylic acids is 1. The van der Waals surface area contributed by atoms with Crippen molar-refractivity contribution in [3.05, 3.63) is 0 Å². The normalized spacial score (nSPS) is 25.3. The van der Waals surface area contributed by atoms with Crippen LogP contribution >= 0.6 is 24.8 Å². The second-order valence-electron chi connectivity index (χ2n) is 5.24. The maximum atomic E-state index is 12.5. The molecule has 20 heavy (non-hydrogen) atoms. The smallest absolute Gasteiger partial charge is 0.239 e. The zero-order chi connectivity index (χ0) is 13.0. The maximum absolute atomic E-state index is 12.5. The molecule has 0 radical (unpaired) electrons. The van der Waals surface area contributed by atoms with Crippen LogP contribution in [0, 0.1) is 0 Å². The Bertz CT molecular complexity index is 285. The molecule has 0 aromatic heterocycles. The molecule has 2 aliphatic rings. The van der Waals surface area contributed by atoms with Crippen molar-refractivity contribution in [2.45, 2.75) is 31.8 Å². The Morgan fingerprint density at radius 1 is 1.25 bits per heavy atom. The molecule has 0 aliphatic carbocycles. The van der Waals surface area contributed by atoms with Gasteiger partial charge in [-0.15, -0.1) is 24.8 Å². The molecule has 0 aromatic carbocycles. The molecule has 0 spiro atoms. The molecule has 2 rings (SSSR count). The van der Waals surface area contributed by atoms with E-state index in [2.05, 4.69) is 10.2 Å². The average molecular weight is 328 g/mol. The number of nitrogens with one attached hydrogen (secondary N) is 1. The third kappa shape index (κ3) is 5.04. The molecular weight excluding hydrogens is 301 g/mol. The lowest BCUT2D eigenvalue weighted by atomic mass is 10.0. The van der Waals surface area contributed by atoms with E-state index in [0.717, 1.165) is 45.8 Å². The summed E-state index contributed by atoms with van der Waals surface area (Å²) in [5.41, 5.74) is 0. The molecule has 0 saturated carbocycles. The van der Waals surface area contributed by atoms with Crippen LogP contribution in [0.3, 0.4) is 0 Å². The lowest BCUT2D eigenvalue weighted by Gasteiger charge is -2.38. The number of amides is 1. The summed E-state index contributed by atoms with van der Waals surface area (Å²) in [5, 5.41) is 3.28. The van der Waals surface area contributed by atoms with Crippen molar-refractivity contribution in [2.75, 3.05) is 46.4 Å². The summed E-state index contributed by atoms with van der Waals surface area (Å²) in [7, 11) is 1.98. The van der Waals surface area contributed by atoms with Crippen molar-refractivity contribution in [3.8, 4) is 0 Å². The molecule has 1 amide bonds. The second-order valence-corrected chi connectivity index (χ2v) is 5.24. The molecule has 2 fully saturated rings. The maximum Gasteiger partial charge on any atom is 0.239 e. The number of nitrogens with zero attached hydrogens (tertiary/aromatic N) is 2. The van der Waals surface area contributed by atoms with E-state index < -0.39 is 0 Å². The second kappa shape index (κ2) is 9.79. The van der Waals surface area contributed by atoms with E-state index in [9.17, 15) is 4.79 Å². The van der Waals surface area contributed by atoms with Crippen LogP contribution < -0.4 is 5.32 Å². The minimum absolute atomic E-state index is 0. The topological polar surface area (TPSA) is 44.8 Å². The Morgan fingerprint density at radius 3 is 2.50 bits per heavy atom. The number of piperidine rings is 1. The van der Waals surface area contributed by atoms with Gasteiger partial charge in [-0.05, 0) is 26.8 Å². The summed E-state index contributed by atoms with van der Waals surface area (Å²) >= 11 is 0. The monoisotopic (exact) mass is 327 g/mol. The van der Waals surface area contributed by atoms with Gasteiger partial charge in [-0.1, -0.05) is 0 Å². The molecule has 2 unspecified atom stereocenters. The SMILES string of the molecule is CNC1CCCN(C(=O)C(C)N2CCOCC2)C1.Cl.Cl. The molecule has 2 heterocycles. The number of rotatable bonds is 3. The molecule has 120 valence electrons. The number of halogens is 2. The number of morpholine rings is 1. The summed E-state index contributed by atoms with van der Waals surface area (Å²) in [4.78, 5) is 16.7. The van der Waals surface area contributed by atoms with Gasteiger partial charge in [-0.3, -0.25) is 9.69 Å². The van der Waals surface area contributed by atoms with Crippen LogP contribution in [-0.4, -0.2) is 74.2 Å². The quantitative estimate of drug-likeness (QED) is 0.831. The van der Waals surface area contributed by atoms with Gasteiger partial charge >= 0.3 is 0 Å². The molecular formula is C13H27Cl2N3O2. The zero-order valence-corrected chi connectivity index (χ0v) is 14.0. The Balaban J connectivity index is 0.00000180. The molecule has 1 N–H and O–H groups in total. The van der Waals surface area contributed by atoms with Crippen molar-refractivity contribution in [3.63, 3.8) is 0 Å². The molecule has 5 nitrogen and oxygen atoms in total. The van der Waals surface area contributed by atoms with Gasteiger partial charge in [0.05, 0.1) is 19.3 Å². The van der Waals surface area contributed by atoms with E-state index in [0.29, 0.717) is 6.04 Å². The fourth-order valence-electron chi connectivity index (χ4n) is 2.80. The molecule has 2 saturated heterocycles. The highest BCUT2D eigenvalue weighted by atomic mass is 35.5. The van der Waals surface area contributed by atoms with Gasteiger partial charge in [-0.25, -0.2) is 0 Å². The number of likely N-dealkylation sites (N-methyl/N-ethyl adjacent to an activating group) is 1. The summed E-state index contributed by atoms with van der Waals surface area (Å²) in [6.07, 6.45) is 2.28. The minimum Gasteiger partial charge on any atom is -0.379 e.